The van der Waals surface area contributed by atoms with Gasteiger partial charge >= 0.3 is 5.92 Å². The number of benzene rings is 1. The van der Waals surface area contributed by atoms with Crippen LogP contribution in [-0.4, -0.2) is 34.9 Å². The lowest BCUT2D eigenvalue weighted by Crippen LogP contribution is -2.55. The largest absolute Gasteiger partial charge is 0.490 e. The number of aliphatic imine (C=N–C) groups is 1. The maximum Gasteiger partial charge on any atom is 0.321 e. The van der Waals surface area contributed by atoms with Crippen LogP contribution in [0.15, 0.2) is 27.7 Å². The average molecular weight is 460 g/mol. The Balaban J connectivity index is 1.68. The van der Waals surface area contributed by atoms with Crippen LogP contribution in [0.1, 0.15) is 31.7 Å². The Morgan fingerprint density at radius 3 is 2.93 bits per heavy atom. The number of carbonyl (C=O) groups is 1. The molecule has 1 spiro atoms. The molecule has 146 valence electrons. The molecule has 1 fully saturated rings. The summed E-state index contributed by atoms with van der Waals surface area (Å²) in [5.74, 6) is -3.19. The van der Waals surface area contributed by atoms with Crippen LogP contribution >= 0.6 is 27.7 Å². The van der Waals surface area contributed by atoms with Gasteiger partial charge in [-0.05, 0) is 37.5 Å². The van der Waals surface area contributed by atoms with Crippen LogP contribution in [0.2, 0.25) is 0 Å². The number of nitrogens with two attached hydrogens (primary N) is 1. The predicted molar refractivity (Wildman–Crippen MR) is 104 cm³/mol. The fraction of sp³-hybridized carbons (Fsp3) is 0.556. The zero-order valence-corrected chi connectivity index (χ0v) is 17.1. The summed E-state index contributed by atoms with van der Waals surface area (Å²) < 4.78 is 33.8. The number of hydrogen-bond acceptors (Lipinski definition) is 5. The molecule has 27 heavy (non-hydrogen) atoms. The van der Waals surface area contributed by atoms with E-state index in [0.717, 1.165) is 15.8 Å². The van der Waals surface area contributed by atoms with Gasteiger partial charge in [0.2, 0.25) is 0 Å². The van der Waals surface area contributed by atoms with Gasteiger partial charge in [0.1, 0.15) is 17.4 Å². The molecule has 1 aromatic rings. The van der Waals surface area contributed by atoms with Crippen molar-refractivity contribution in [2.75, 3.05) is 5.75 Å². The van der Waals surface area contributed by atoms with Crippen molar-refractivity contribution in [3.8, 4) is 5.75 Å². The number of nitrogens with zero attached hydrogens (tertiary/aromatic N) is 1. The Bertz CT molecular complexity index is 816. The van der Waals surface area contributed by atoms with E-state index >= 15 is 0 Å². The van der Waals surface area contributed by atoms with Crippen LogP contribution < -0.4 is 15.8 Å². The molecule has 0 radical (unpaired) electrons. The molecule has 2 heterocycles. The van der Waals surface area contributed by atoms with Crippen LogP contribution in [0.25, 0.3) is 0 Å². The van der Waals surface area contributed by atoms with Gasteiger partial charge in [-0.15, -0.1) is 0 Å². The second-order valence-electron chi connectivity index (χ2n) is 7.44. The summed E-state index contributed by atoms with van der Waals surface area (Å²) in [5.41, 5.74) is 6.42. The van der Waals surface area contributed by atoms with E-state index in [2.05, 4.69) is 21.2 Å². The number of carbonyl (C=O) groups excluding carboxylic acids is 1. The molecule has 4 atom stereocenters. The van der Waals surface area contributed by atoms with Crippen molar-refractivity contribution >= 4 is 38.8 Å². The summed E-state index contributed by atoms with van der Waals surface area (Å²) in [6, 6.07) is 5.52. The van der Waals surface area contributed by atoms with E-state index in [1.807, 2.05) is 18.2 Å². The van der Waals surface area contributed by atoms with Gasteiger partial charge in [-0.3, -0.25) is 4.79 Å². The highest BCUT2D eigenvalue weighted by atomic mass is 79.9. The SMILES string of the molecule is CC(F)(F)C(=O)NC1CC[C@@H]2Oc3ccc(Br)cc3C3(CSC(N)=N3)[C@H]2C1. The van der Waals surface area contributed by atoms with E-state index in [1.54, 1.807) is 0 Å². The van der Waals surface area contributed by atoms with Crippen molar-refractivity contribution in [3.05, 3.63) is 28.2 Å². The first-order valence-electron chi connectivity index (χ1n) is 8.82. The van der Waals surface area contributed by atoms with Gasteiger partial charge in [-0.2, -0.15) is 8.78 Å². The highest BCUT2D eigenvalue weighted by molar-refractivity contribution is 9.10. The molecular formula is C18H20BrF2N3O2S. The Hall–Kier alpha value is -1.35. The van der Waals surface area contributed by atoms with E-state index < -0.39 is 17.4 Å². The number of halogens is 3. The lowest BCUT2D eigenvalue weighted by molar-refractivity contribution is -0.144. The second-order valence-corrected chi connectivity index (χ2v) is 9.35. The Kier molecular flexibility index (Phi) is 4.65. The van der Waals surface area contributed by atoms with Gasteiger partial charge in [-0.1, -0.05) is 27.7 Å². The molecule has 3 N–H and O–H groups in total. The number of hydrogen-bond donors (Lipinski definition) is 2. The van der Waals surface area contributed by atoms with Gasteiger partial charge in [0.15, 0.2) is 5.17 Å². The van der Waals surface area contributed by atoms with Gasteiger partial charge in [0, 0.05) is 34.7 Å². The number of fused-ring (bicyclic) bond motifs is 4. The van der Waals surface area contributed by atoms with Gasteiger partial charge in [0.05, 0.1) is 0 Å². The maximum absolute atomic E-state index is 13.3. The Labute approximate surface area is 168 Å². The third kappa shape index (κ3) is 3.33. The van der Waals surface area contributed by atoms with Crippen LogP contribution in [0, 0.1) is 5.92 Å². The molecule has 0 saturated heterocycles. The zero-order valence-electron chi connectivity index (χ0n) is 14.7. The van der Waals surface area contributed by atoms with Gasteiger partial charge in [-0.25, -0.2) is 4.99 Å². The highest BCUT2D eigenvalue weighted by Crippen LogP contribution is 2.54. The molecule has 1 aromatic carbocycles. The fourth-order valence-corrected chi connectivity index (χ4v) is 5.70. The summed E-state index contributed by atoms with van der Waals surface area (Å²) in [6.45, 7) is 0.617. The standard InChI is InChI=1S/C18H20BrF2N3O2S/c1-17(20,21)15(25)23-10-3-5-14-12(7-10)18(8-27-16(22)24-18)11-6-9(19)2-4-13(11)26-14/h2,4,6,10,12,14H,3,5,7-8H2,1H3,(H2,22,24)(H,23,25)/t10?,12-,14-,18?/m0/s1. The highest BCUT2D eigenvalue weighted by Gasteiger charge is 2.55. The number of amides is 1. The second kappa shape index (κ2) is 6.62. The quantitative estimate of drug-likeness (QED) is 0.710. The van der Waals surface area contributed by atoms with E-state index in [4.69, 9.17) is 15.5 Å². The summed E-state index contributed by atoms with van der Waals surface area (Å²) in [6.07, 6.45) is 1.71. The molecule has 2 aliphatic heterocycles. The maximum atomic E-state index is 13.3. The Morgan fingerprint density at radius 1 is 1.48 bits per heavy atom. The van der Waals surface area contributed by atoms with Gasteiger partial charge in [0.25, 0.3) is 5.91 Å². The monoisotopic (exact) mass is 459 g/mol. The van der Waals surface area contributed by atoms with Crippen LogP contribution in [-0.2, 0) is 10.3 Å². The Morgan fingerprint density at radius 2 is 2.26 bits per heavy atom. The summed E-state index contributed by atoms with van der Waals surface area (Å²) in [5, 5.41) is 3.03. The molecule has 1 aliphatic carbocycles. The summed E-state index contributed by atoms with van der Waals surface area (Å²) in [4.78, 5) is 16.6. The molecule has 5 nitrogen and oxygen atoms in total. The normalized spacial score (nSPS) is 32.3. The van der Waals surface area contributed by atoms with Crippen molar-refractivity contribution in [2.24, 2.45) is 16.6 Å². The van der Waals surface area contributed by atoms with Gasteiger partial charge < -0.3 is 15.8 Å². The average Bonchev–Trinajstić information content (AvgIpc) is 2.98. The summed E-state index contributed by atoms with van der Waals surface area (Å²) in [7, 11) is 0. The van der Waals surface area contributed by atoms with Crippen LogP contribution in [0.4, 0.5) is 8.78 Å². The molecule has 1 saturated carbocycles. The van der Waals surface area contributed by atoms with E-state index in [9.17, 15) is 13.6 Å². The lowest BCUT2D eigenvalue weighted by Gasteiger charge is -2.48. The number of nitrogens with one attached hydrogen (secondary N) is 1. The van der Waals surface area contributed by atoms with Crippen LogP contribution in [0.5, 0.6) is 5.75 Å². The first kappa shape index (κ1) is 19.0. The zero-order chi connectivity index (χ0) is 19.4. The van der Waals surface area contributed by atoms with E-state index in [1.165, 1.54) is 11.8 Å². The number of rotatable bonds is 2. The molecule has 4 rings (SSSR count). The molecular weight excluding hydrogens is 440 g/mol. The van der Waals surface area contributed by atoms with Crippen molar-refractivity contribution < 1.29 is 18.3 Å². The third-order valence-electron chi connectivity index (χ3n) is 5.57. The third-order valence-corrected chi connectivity index (χ3v) is 7.04. The van der Waals surface area contributed by atoms with Crippen molar-refractivity contribution in [2.45, 2.75) is 49.8 Å². The van der Waals surface area contributed by atoms with Crippen molar-refractivity contribution in [1.82, 2.24) is 5.32 Å². The molecule has 1 amide bonds. The number of ether oxygens (including phenoxy) is 1. The number of alkyl halides is 2. The van der Waals surface area contributed by atoms with E-state index in [0.29, 0.717) is 37.1 Å². The first-order chi connectivity index (χ1) is 12.7. The lowest BCUT2D eigenvalue weighted by atomic mass is 9.67. The molecule has 0 bridgehead atoms. The summed E-state index contributed by atoms with van der Waals surface area (Å²) >= 11 is 5.00. The fourth-order valence-electron chi connectivity index (χ4n) is 4.31. The minimum atomic E-state index is -3.39. The topological polar surface area (TPSA) is 76.7 Å². The van der Waals surface area contributed by atoms with Crippen molar-refractivity contribution in [3.63, 3.8) is 0 Å². The van der Waals surface area contributed by atoms with Crippen molar-refractivity contribution in [1.29, 1.82) is 0 Å². The molecule has 3 aliphatic rings. The van der Waals surface area contributed by atoms with Crippen LogP contribution in [0.3, 0.4) is 0 Å². The molecule has 9 heteroatoms. The number of thioether (sulfide) groups is 1. The van der Waals surface area contributed by atoms with E-state index in [-0.39, 0.29) is 18.1 Å². The first-order valence-corrected chi connectivity index (χ1v) is 10.6. The number of amidine groups is 1. The molecule has 0 aromatic heterocycles. The minimum absolute atomic E-state index is 0.0441. The predicted octanol–water partition coefficient (Wildman–Crippen LogP) is 3.41. The smallest absolute Gasteiger partial charge is 0.321 e. The molecule has 2 unspecified atom stereocenters. The minimum Gasteiger partial charge on any atom is -0.490 e.